The van der Waals surface area contributed by atoms with Gasteiger partial charge in [-0.05, 0) is 43.9 Å². The van der Waals surface area contributed by atoms with Gasteiger partial charge < -0.3 is 10.8 Å². The molecule has 0 aromatic rings. The van der Waals surface area contributed by atoms with Crippen molar-refractivity contribution in [1.29, 1.82) is 0 Å². The van der Waals surface area contributed by atoms with Gasteiger partial charge >= 0.3 is 5.97 Å². The molecule has 0 spiro atoms. The SMILES string of the molecule is NC1CC2CC(C1)CC(C(=O)O)C2. The van der Waals surface area contributed by atoms with Gasteiger partial charge in [-0.3, -0.25) is 4.79 Å². The van der Waals surface area contributed by atoms with Crippen LogP contribution in [0.5, 0.6) is 0 Å². The Balaban J connectivity index is 2.01. The normalized spacial score (nSPS) is 44.4. The van der Waals surface area contributed by atoms with Gasteiger partial charge in [-0.25, -0.2) is 0 Å². The number of hydrogen-bond donors (Lipinski definition) is 2. The molecule has 3 N–H and O–H groups in total. The van der Waals surface area contributed by atoms with E-state index in [2.05, 4.69) is 0 Å². The molecule has 2 aliphatic rings. The first kappa shape index (κ1) is 9.00. The van der Waals surface area contributed by atoms with Crippen LogP contribution < -0.4 is 5.73 Å². The second kappa shape index (κ2) is 3.29. The molecule has 2 unspecified atom stereocenters. The summed E-state index contributed by atoms with van der Waals surface area (Å²) in [4.78, 5) is 10.8. The smallest absolute Gasteiger partial charge is 0.306 e. The molecule has 13 heavy (non-hydrogen) atoms. The van der Waals surface area contributed by atoms with Gasteiger partial charge in [-0.15, -0.1) is 0 Å². The van der Waals surface area contributed by atoms with E-state index >= 15 is 0 Å². The van der Waals surface area contributed by atoms with Crippen molar-refractivity contribution in [2.45, 2.75) is 38.1 Å². The highest BCUT2D eigenvalue weighted by Crippen LogP contribution is 2.42. The van der Waals surface area contributed by atoms with Gasteiger partial charge in [0.2, 0.25) is 0 Å². The van der Waals surface area contributed by atoms with Crippen LogP contribution in [0.1, 0.15) is 32.1 Å². The Morgan fingerprint density at radius 1 is 1.08 bits per heavy atom. The Labute approximate surface area is 78.3 Å². The van der Waals surface area contributed by atoms with Gasteiger partial charge in [0.1, 0.15) is 0 Å². The fourth-order valence-electron chi connectivity index (χ4n) is 3.10. The molecule has 0 saturated heterocycles. The zero-order chi connectivity index (χ0) is 9.42. The van der Waals surface area contributed by atoms with Crippen molar-refractivity contribution in [3.05, 3.63) is 0 Å². The topological polar surface area (TPSA) is 63.3 Å². The van der Waals surface area contributed by atoms with Crippen LogP contribution in [0.2, 0.25) is 0 Å². The maximum absolute atomic E-state index is 10.8. The lowest BCUT2D eigenvalue weighted by Crippen LogP contribution is -2.39. The summed E-state index contributed by atoms with van der Waals surface area (Å²) in [6, 6.07) is 0.332. The Bertz CT molecular complexity index is 199. The summed E-state index contributed by atoms with van der Waals surface area (Å²) < 4.78 is 0. The summed E-state index contributed by atoms with van der Waals surface area (Å²) in [5, 5.41) is 8.93. The highest BCUT2D eigenvalue weighted by molar-refractivity contribution is 5.70. The summed E-state index contributed by atoms with van der Waals surface area (Å²) in [6.07, 6.45) is 5.02. The van der Waals surface area contributed by atoms with Crippen LogP contribution in [-0.2, 0) is 4.79 Å². The van der Waals surface area contributed by atoms with Crippen LogP contribution in [0.15, 0.2) is 0 Å². The van der Waals surface area contributed by atoms with E-state index in [4.69, 9.17) is 10.8 Å². The Morgan fingerprint density at radius 2 is 1.62 bits per heavy atom. The molecule has 2 bridgehead atoms. The average molecular weight is 183 g/mol. The van der Waals surface area contributed by atoms with E-state index in [0.29, 0.717) is 17.9 Å². The average Bonchev–Trinajstić information content (AvgIpc) is 2.01. The standard InChI is InChI=1S/C10H17NO2/c11-9-4-6-1-7(5-9)3-8(2-6)10(12)13/h6-9H,1-5,11H2,(H,12,13). The first-order valence-corrected chi connectivity index (χ1v) is 5.13. The molecule has 2 fully saturated rings. The van der Waals surface area contributed by atoms with Gasteiger partial charge in [-0.2, -0.15) is 0 Å². The summed E-state index contributed by atoms with van der Waals surface area (Å²) in [5.74, 6) is 0.480. The highest BCUT2D eigenvalue weighted by Gasteiger charge is 2.37. The summed E-state index contributed by atoms with van der Waals surface area (Å²) >= 11 is 0. The third-order valence-corrected chi connectivity index (χ3v) is 3.52. The first-order valence-electron chi connectivity index (χ1n) is 5.13. The fourth-order valence-corrected chi connectivity index (χ4v) is 3.10. The largest absolute Gasteiger partial charge is 0.481 e. The van der Waals surface area contributed by atoms with Crippen LogP contribution in [-0.4, -0.2) is 17.1 Å². The van der Waals surface area contributed by atoms with Crippen molar-refractivity contribution in [3.63, 3.8) is 0 Å². The van der Waals surface area contributed by atoms with Crippen molar-refractivity contribution in [2.24, 2.45) is 23.5 Å². The molecule has 74 valence electrons. The van der Waals surface area contributed by atoms with Crippen LogP contribution >= 0.6 is 0 Å². The Kier molecular flexibility index (Phi) is 2.28. The minimum Gasteiger partial charge on any atom is -0.481 e. The van der Waals surface area contributed by atoms with Crippen molar-refractivity contribution in [3.8, 4) is 0 Å². The zero-order valence-corrected chi connectivity index (χ0v) is 7.78. The summed E-state index contributed by atoms with van der Waals surface area (Å²) in [7, 11) is 0. The lowest BCUT2D eigenvalue weighted by molar-refractivity contribution is -0.144. The zero-order valence-electron chi connectivity index (χ0n) is 7.78. The molecule has 3 heteroatoms. The highest BCUT2D eigenvalue weighted by atomic mass is 16.4. The maximum atomic E-state index is 10.8. The van der Waals surface area contributed by atoms with Crippen LogP contribution in [0.25, 0.3) is 0 Å². The van der Waals surface area contributed by atoms with E-state index in [9.17, 15) is 4.79 Å². The van der Waals surface area contributed by atoms with E-state index in [1.165, 1.54) is 6.42 Å². The molecule has 0 aliphatic heterocycles. The number of rotatable bonds is 1. The molecule has 2 atom stereocenters. The molecule has 0 amide bonds. The third-order valence-electron chi connectivity index (χ3n) is 3.52. The lowest BCUT2D eigenvalue weighted by Gasteiger charge is -2.40. The maximum Gasteiger partial charge on any atom is 0.306 e. The number of carboxylic acid groups (broad SMARTS) is 1. The lowest BCUT2D eigenvalue weighted by atomic mass is 9.67. The first-order chi connectivity index (χ1) is 6.15. The second-order valence-electron chi connectivity index (χ2n) is 4.71. The molecule has 2 saturated carbocycles. The molecular formula is C10H17NO2. The van der Waals surface area contributed by atoms with E-state index in [1.54, 1.807) is 0 Å². The number of carbonyl (C=O) groups is 1. The van der Waals surface area contributed by atoms with Crippen molar-refractivity contribution in [2.75, 3.05) is 0 Å². The van der Waals surface area contributed by atoms with E-state index < -0.39 is 5.97 Å². The quantitative estimate of drug-likeness (QED) is 0.642. The molecule has 2 aliphatic carbocycles. The van der Waals surface area contributed by atoms with Gasteiger partial charge in [-0.1, -0.05) is 0 Å². The van der Waals surface area contributed by atoms with Crippen molar-refractivity contribution < 1.29 is 9.90 Å². The molecule has 0 aromatic carbocycles. The number of carboxylic acids is 1. The number of hydrogen-bond acceptors (Lipinski definition) is 2. The van der Waals surface area contributed by atoms with E-state index in [0.717, 1.165) is 25.7 Å². The third kappa shape index (κ3) is 1.85. The second-order valence-corrected chi connectivity index (χ2v) is 4.71. The predicted octanol–water partition coefficient (Wildman–Crippen LogP) is 1.22. The number of aliphatic carboxylic acids is 1. The predicted molar refractivity (Wildman–Crippen MR) is 49.2 cm³/mol. The monoisotopic (exact) mass is 183 g/mol. The van der Waals surface area contributed by atoms with Gasteiger partial charge in [0.25, 0.3) is 0 Å². The summed E-state index contributed by atoms with van der Waals surface area (Å²) in [6.45, 7) is 0. The number of nitrogens with two attached hydrogens (primary N) is 1. The van der Waals surface area contributed by atoms with Gasteiger partial charge in [0.15, 0.2) is 0 Å². The van der Waals surface area contributed by atoms with E-state index in [-0.39, 0.29) is 5.92 Å². The summed E-state index contributed by atoms with van der Waals surface area (Å²) in [5.41, 5.74) is 5.90. The number of fused-ring (bicyclic) bond motifs is 2. The van der Waals surface area contributed by atoms with Gasteiger partial charge in [0, 0.05) is 6.04 Å². The Morgan fingerprint density at radius 3 is 2.08 bits per heavy atom. The Hall–Kier alpha value is -0.570. The van der Waals surface area contributed by atoms with Gasteiger partial charge in [0.05, 0.1) is 5.92 Å². The molecule has 0 aromatic heterocycles. The minimum atomic E-state index is -0.606. The van der Waals surface area contributed by atoms with E-state index in [1.807, 2.05) is 0 Å². The molecular weight excluding hydrogens is 166 g/mol. The van der Waals surface area contributed by atoms with Crippen LogP contribution in [0, 0.1) is 17.8 Å². The minimum absolute atomic E-state index is 0.0868. The molecule has 0 heterocycles. The molecule has 2 rings (SSSR count). The molecule has 0 radical (unpaired) electrons. The van der Waals surface area contributed by atoms with Crippen molar-refractivity contribution in [1.82, 2.24) is 0 Å². The fraction of sp³-hybridized carbons (Fsp3) is 0.900. The molecule has 3 nitrogen and oxygen atoms in total. The van der Waals surface area contributed by atoms with Crippen LogP contribution in [0.4, 0.5) is 0 Å². The van der Waals surface area contributed by atoms with Crippen molar-refractivity contribution >= 4 is 5.97 Å². The van der Waals surface area contributed by atoms with Crippen LogP contribution in [0.3, 0.4) is 0 Å².